The quantitative estimate of drug-likeness (QED) is 0.133. The standard InChI is InChI=1S/C64H45N/c1-3-13-46(14-4-1)49-25-27-50(28-26-49)52-35-39-61(40-36-52)65(64-24-10-9-23-63(64)60-22-12-20-57(45-60)47-15-5-2-6-16-47)62-41-37-53(38-42-62)51-29-31-54(32-30-51)56-19-11-21-58(43-56)59-34-33-48-17-7-8-18-55(48)44-59/h1-45H. The summed E-state index contributed by atoms with van der Waals surface area (Å²) in [6.45, 7) is 0. The first kappa shape index (κ1) is 39.3. The van der Waals surface area contributed by atoms with E-state index in [1.807, 2.05) is 0 Å². The molecule has 0 radical (unpaired) electrons. The normalized spacial score (nSPS) is 11.1. The van der Waals surface area contributed by atoms with Gasteiger partial charge >= 0.3 is 0 Å². The molecule has 11 aromatic rings. The first-order valence-electron chi connectivity index (χ1n) is 22.3. The first-order valence-corrected chi connectivity index (χ1v) is 22.3. The second-order valence-electron chi connectivity index (χ2n) is 16.6. The molecule has 0 aliphatic rings. The topological polar surface area (TPSA) is 3.24 Å². The molecule has 0 amide bonds. The van der Waals surface area contributed by atoms with Gasteiger partial charge in [-0.15, -0.1) is 0 Å². The van der Waals surface area contributed by atoms with Gasteiger partial charge in [0.15, 0.2) is 0 Å². The molecule has 11 aromatic carbocycles. The fraction of sp³-hybridized carbons (Fsp3) is 0. The van der Waals surface area contributed by atoms with E-state index in [0.29, 0.717) is 0 Å². The minimum atomic E-state index is 1.09. The number of hydrogen-bond donors (Lipinski definition) is 0. The fourth-order valence-corrected chi connectivity index (χ4v) is 9.03. The molecular formula is C64H45N. The van der Waals surface area contributed by atoms with Gasteiger partial charge in [-0.05, 0) is 132 Å². The van der Waals surface area contributed by atoms with Crippen molar-refractivity contribution in [3.8, 4) is 77.9 Å². The molecule has 11 rings (SSSR count). The molecule has 0 saturated carbocycles. The third-order valence-electron chi connectivity index (χ3n) is 12.5. The molecule has 0 saturated heterocycles. The van der Waals surface area contributed by atoms with Gasteiger partial charge in [-0.1, -0.05) is 224 Å². The lowest BCUT2D eigenvalue weighted by atomic mass is 9.96. The molecule has 0 aromatic heterocycles. The van der Waals surface area contributed by atoms with E-state index in [-0.39, 0.29) is 0 Å². The average Bonchev–Trinajstić information content (AvgIpc) is 3.40. The van der Waals surface area contributed by atoms with Crippen molar-refractivity contribution in [1.29, 1.82) is 0 Å². The van der Waals surface area contributed by atoms with E-state index in [4.69, 9.17) is 0 Å². The van der Waals surface area contributed by atoms with E-state index in [1.54, 1.807) is 0 Å². The second kappa shape index (κ2) is 17.7. The molecule has 0 aliphatic carbocycles. The Bertz CT molecular complexity index is 3370. The van der Waals surface area contributed by atoms with Crippen LogP contribution in [0, 0.1) is 0 Å². The molecule has 65 heavy (non-hydrogen) atoms. The van der Waals surface area contributed by atoms with Crippen molar-refractivity contribution in [1.82, 2.24) is 0 Å². The van der Waals surface area contributed by atoms with Crippen molar-refractivity contribution >= 4 is 27.8 Å². The summed E-state index contributed by atoms with van der Waals surface area (Å²) in [6.07, 6.45) is 0. The highest BCUT2D eigenvalue weighted by Crippen LogP contribution is 2.43. The summed E-state index contributed by atoms with van der Waals surface area (Å²) in [4.78, 5) is 2.39. The third kappa shape index (κ3) is 8.27. The molecule has 0 unspecified atom stereocenters. The van der Waals surface area contributed by atoms with Crippen molar-refractivity contribution in [3.63, 3.8) is 0 Å². The number of fused-ring (bicyclic) bond motifs is 1. The number of rotatable bonds is 10. The van der Waals surface area contributed by atoms with E-state index in [0.717, 1.165) is 22.6 Å². The van der Waals surface area contributed by atoms with Gasteiger partial charge < -0.3 is 4.90 Å². The van der Waals surface area contributed by atoms with Gasteiger partial charge in [0.2, 0.25) is 0 Å². The van der Waals surface area contributed by atoms with Crippen LogP contribution in [-0.4, -0.2) is 0 Å². The zero-order chi connectivity index (χ0) is 43.4. The summed E-state index contributed by atoms with van der Waals surface area (Å²) < 4.78 is 0. The maximum Gasteiger partial charge on any atom is 0.0540 e. The van der Waals surface area contributed by atoms with Crippen LogP contribution in [0.2, 0.25) is 0 Å². The maximum absolute atomic E-state index is 2.39. The molecule has 0 fully saturated rings. The highest BCUT2D eigenvalue weighted by Gasteiger charge is 2.18. The van der Waals surface area contributed by atoms with Crippen LogP contribution < -0.4 is 4.90 Å². The first-order chi connectivity index (χ1) is 32.2. The number of anilines is 3. The van der Waals surface area contributed by atoms with Gasteiger partial charge in [-0.2, -0.15) is 0 Å². The van der Waals surface area contributed by atoms with Crippen molar-refractivity contribution in [2.45, 2.75) is 0 Å². The SMILES string of the molecule is c1ccc(-c2ccc(-c3ccc(N(c4ccc(-c5ccc(-c6cccc(-c7ccc8ccccc8c7)c6)cc5)cc4)c4ccccc4-c4cccc(-c5ccccc5)c4)cc3)cc2)cc1. The highest BCUT2D eigenvalue weighted by molar-refractivity contribution is 5.91. The van der Waals surface area contributed by atoms with Crippen molar-refractivity contribution in [2.24, 2.45) is 0 Å². The van der Waals surface area contributed by atoms with Crippen LogP contribution in [0.4, 0.5) is 17.1 Å². The highest BCUT2D eigenvalue weighted by atomic mass is 15.1. The molecule has 0 spiro atoms. The number of benzene rings is 11. The van der Waals surface area contributed by atoms with E-state index in [1.165, 1.54) is 83.1 Å². The molecule has 1 heteroatoms. The summed E-state index contributed by atoms with van der Waals surface area (Å²) in [6, 6.07) is 98.8. The molecule has 0 heterocycles. The van der Waals surface area contributed by atoms with Gasteiger partial charge in [0.1, 0.15) is 0 Å². The summed E-state index contributed by atoms with van der Waals surface area (Å²) in [5, 5.41) is 2.51. The molecule has 0 bridgehead atoms. The Labute approximate surface area is 381 Å². The molecule has 0 aliphatic heterocycles. The number of para-hydroxylation sites is 1. The average molecular weight is 828 g/mol. The van der Waals surface area contributed by atoms with Crippen LogP contribution in [0.1, 0.15) is 0 Å². The lowest BCUT2D eigenvalue weighted by Crippen LogP contribution is -2.11. The van der Waals surface area contributed by atoms with E-state index < -0.39 is 0 Å². The van der Waals surface area contributed by atoms with E-state index >= 15 is 0 Å². The lowest BCUT2D eigenvalue weighted by Gasteiger charge is -2.28. The van der Waals surface area contributed by atoms with Crippen LogP contribution >= 0.6 is 0 Å². The largest absolute Gasteiger partial charge is 0.310 e. The van der Waals surface area contributed by atoms with Gasteiger partial charge in [0.05, 0.1) is 5.69 Å². The summed E-state index contributed by atoms with van der Waals surface area (Å²) in [7, 11) is 0. The summed E-state index contributed by atoms with van der Waals surface area (Å²) in [5.74, 6) is 0. The van der Waals surface area contributed by atoms with Crippen LogP contribution in [0.3, 0.4) is 0 Å². The Morgan fingerprint density at radius 2 is 0.508 bits per heavy atom. The summed E-state index contributed by atoms with van der Waals surface area (Å²) in [5.41, 5.74) is 20.0. The predicted molar refractivity (Wildman–Crippen MR) is 277 cm³/mol. The van der Waals surface area contributed by atoms with Gasteiger partial charge in [-0.25, -0.2) is 0 Å². The van der Waals surface area contributed by atoms with Gasteiger partial charge in [0, 0.05) is 16.9 Å². The fourth-order valence-electron chi connectivity index (χ4n) is 9.03. The van der Waals surface area contributed by atoms with Crippen LogP contribution in [0.15, 0.2) is 273 Å². The molecule has 306 valence electrons. The Morgan fingerprint density at radius 1 is 0.185 bits per heavy atom. The maximum atomic E-state index is 2.39. The summed E-state index contributed by atoms with van der Waals surface area (Å²) >= 11 is 0. The zero-order valence-corrected chi connectivity index (χ0v) is 35.9. The minimum Gasteiger partial charge on any atom is -0.310 e. The second-order valence-corrected chi connectivity index (χ2v) is 16.6. The smallest absolute Gasteiger partial charge is 0.0540 e. The number of hydrogen-bond acceptors (Lipinski definition) is 1. The van der Waals surface area contributed by atoms with Crippen LogP contribution in [-0.2, 0) is 0 Å². The van der Waals surface area contributed by atoms with Gasteiger partial charge in [-0.3, -0.25) is 0 Å². The lowest BCUT2D eigenvalue weighted by molar-refractivity contribution is 1.28. The molecule has 1 nitrogen and oxygen atoms in total. The van der Waals surface area contributed by atoms with E-state index in [9.17, 15) is 0 Å². The Hall–Kier alpha value is -8.52. The van der Waals surface area contributed by atoms with Crippen molar-refractivity contribution < 1.29 is 0 Å². The van der Waals surface area contributed by atoms with Crippen LogP contribution in [0.25, 0.3) is 88.7 Å². The van der Waals surface area contributed by atoms with Crippen molar-refractivity contribution in [3.05, 3.63) is 273 Å². The minimum absolute atomic E-state index is 1.09. The molecule has 0 N–H and O–H groups in total. The van der Waals surface area contributed by atoms with E-state index in [2.05, 4.69) is 278 Å². The Kier molecular flexibility index (Phi) is 10.7. The number of nitrogens with zero attached hydrogens (tertiary/aromatic N) is 1. The van der Waals surface area contributed by atoms with Crippen molar-refractivity contribution in [2.75, 3.05) is 4.90 Å². The Balaban J connectivity index is 0.919. The third-order valence-corrected chi connectivity index (χ3v) is 12.5. The Morgan fingerprint density at radius 3 is 1.05 bits per heavy atom. The zero-order valence-electron chi connectivity index (χ0n) is 35.9. The van der Waals surface area contributed by atoms with Gasteiger partial charge in [0.25, 0.3) is 0 Å². The monoisotopic (exact) mass is 827 g/mol. The molecular weight excluding hydrogens is 783 g/mol. The van der Waals surface area contributed by atoms with Crippen LogP contribution in [0.5, 0.6) is 0 Å². The predicted octanol–water partition coefficient (Wildman–Crippen LogP) is 18.0. The molecule has 0 atom stereocenters.